The van der Waals surface area contributed by atoms with Crippen LogP contribution in [0.5, 0.6) is 0 Å². The highest BCUT2D eigenvalue weighted by molar-refractivity contribution is 7.87. The number of amides is 2. The Labute approximate surface area is 168 Å². The van der Waals surface area contributed by atoms with Crippen LogP contribution < -0.4 is 5.32 Å². The van der Waals surface area contributed by atoms with E-state index in [0.29, 0.717) is 11.3 Å². The van der Waals surface area contributed by atoms with Gasteiger partial charge in [0.2, 0.25) is 5.91 Å². The van der Waals surface area contributed by atoms with Crippen molar-refractivity contribution >= 4 is 28.6 Å². The van der Waals surface area contributed by atoms with Gasteiger partial charge in [0.25, 0.3) is 5.91 Å². The number of carboxylic acids is 1. The first kappa shape index (κ1) is 19.3. The van der Waals surface area contributed by atoms with E-state index in [1.807, 2.05) is 6.07 Å². The van der Waals surface area contributed by atoms with Gasteiger partial charge in [-0.25, -0.2) is 4.79 Å². The summed E-state index contributed by atoms with van der Waals surface area (Å²) in [6.45, 7) is 4.68. The molecule has 1 aromatic carbocycles. The number of aromatic nitrogens is 1. The minimum atomic E-state index is -1.66. The number of benzene rings is 1. The van der Waals surface area contributed by atoms with Gasteiger partial charge in [0.05, 0.1) is 15.5 Å². The van der Waals surface area contributed by atoms with Crippen molar-refractivity contribution in [2.75, 3.05) is 0 Å². The average molecular weight is 417 g/mol. The van der Waals surface area contributed by atoms with E-state index in [0.717, 1.165) is 4.90 Å². The van der Waals surface area contributed by atoms with Gasteiger partial charge in [-0.2, -0.15) is 0 Å². The summed E-state index contributed by atoms with van der Waals surface area (Å²) in [5.41, 5.74) is 1.19. The Bertz CT molecular complexity index is 1050. The number of rotatable bonds is 4. The van der Waals surface area contributed by atoms with E-state index in [2.05, 4.69) is 10.5 Å². The van der Waals surface area contributed by atoms with Crippen LogP contribution in [0.1, 0.15) is 30.0 Å². The molecule has 2 N–H and O–H groups in total. The van der Waals surface area contributed by atoms with Crippen molar-refractivity contribution in [1.82, 2.24) is 15.4 Å². The molecule has 10 heteroatoms. The third-order valence-corrected chi connectivity index (χ3v) is 7.61. The smallest absolute Gasteiger partial charge is 0.328 e. The fraction of sp³-hybridized carbons (Fsp3) is 0.368. The molecule has 1 unspecified atom stereocenters. The summed E-state index contributed by atoms with van der Waals surface area (Å²) in [6.07, 6.45) is 0. The van der Waals surface area contributed by atoms with Crippen LogP contribution in [-0.4, -0.2) is 59.4 Å². The number of hydrogen-bond acceptors (Lipinski definition) is 6. The second-order valence-electron chi connectivity index (χ2n) is 7.56. The van der Waals surface area contributed by atoms with E-state index >= 15 is 0 Å². The number of aryl methyl sites for hydroxylation is 1. The van der Waals surface area contributed by atoms with Crippen LogP contribution in [0.15, 0.2) is 34.9 Å². The molecular weight excluding hydrogens is 398 g/mol. The van der Waals surface area contributed by atoms with Crippen molar-refractivity contribution in [1.29, 1.82) is 0 Å². The molecule has 152 valence electrons. The van der Waals surface area contributed by atoms with Gasteiger partial charge < -0.3 is 19.8 Å². The van der Waals surface area contributed by atoms with Crippen molar-refractivity contribution in [3.8, 4) is 11.3 Å². The van der Waals surface area contributed by atoms with Gasteiger partial charge in [0.15, 0.2) is 0 Å². The number of nitrogens with zero attached hydrogens (tertiary/aromatic N) is 2. The lowest BCUT2D eigenvalue weighted by Crippen LogP contribution is -2.71. The molecule has 1 aromatic heterocycles. The molecule has 0 aliphatic carbocycles. The molecule has 0 saturated carbocycles. The predicted molar refractivity (Wildman–Crippen MR) is 102 cm³/mol. The largest absolute Gasteiger partial charge is 0.480 e. The SMILES string of the molecule is Cc1onc(-c2ccccc2)c1C(=O)N[C@@H]1C(=O)N2[C@@H]1S(=O)C(C)(C)[C@@H]2C(=O)O. The van der Waals surface area contributed by atoms with Crippen molar-refractivity contribution in [2.45, 2.75) is 43.0 Å². The lowest BCUT2D eigenvalue weighted by molar-refractivity contribution is -0.159. The van der Waals surface area contributed by atoms with E-state index in [1.165, 1.54) is 0 Å². The van der Waals surface area contributed by atoms with Crippen LogP contribution >= 0.6 is 0 Å². The first-order valence-electron chi connectivity index (χ1n) is 8.94. The Morgan fingerprint density at radius 2 is 1.93 bits per heavy atom. The highest BCUT2D eigenvalue weighted by Crippen LogP contribution is 2.43. The third-order valence-electron chi connectivity index (χ3n) is 5.41. The maximum absolute atomic E-state index is 12.9. The molecule has 4 atom stereocenters. The molecule has 0 spiro atoms. The molecule has 0 bridgehead atoms. The molecule has 4 rings (SSSR count). The van der Waals surface area contributed by atoms with Crippen molar-refractivity contribution in [3.63, 3.8) is 0 Å². The van der Waals surface area contributed by atoms with Crippen LogP contribution in [-0.2, 0) is 20.4 Å². The Kier molecular flexibility index (Phi) is 4.34. The average Bonchev–Trinajstić information content (AvgIpc) is 3.15. The molecule has 2 saturated heterocycles. The number of fused-ring (bicyclic) bond motifs is 1. The first-order valence-corrected chi connectivity index (χ1v) is 10.2. The highest BCUT2D eigenvalue weighted by Gasteiger charge is 2.68. The molecule has 2 aliphatic heterocycles. The standard InChI is InChI=1S/C19H19N3O6S/c1-9-11(12(21-28-9)10-7-5-4-6-8-10)15(23)20-13-16(24)22-14(18(25)26)19(2,3)29(27)17(13)22/h4-8,13-14,17H,1-3H3,(H,20,23)(H,25,26)/t13-,14+,17-,29?/m1/s1. The van der Waals surface area contributed by atoms with E-state index in [-0.39, 0.29) is 11.3 Å². The molecule has 29 heavy (non-hydrogen) atoms. The Morgan fingerprint density at radius 1 is 1.28 bits per heavy atom. The second kappa shape index (κ2) is 6.51. The highest BCUT2D eigenvalue weighted by atomic mass is 32.2. The van der Waals surface area contributed by atoms with E-state index in [4.69, 9.17) is 4.52 Å². The van der Waals surface area contributed by atoms with Gasteiger partial charge in [-0.15, -0.1) is 0 Å². The number of nitrogens with one attached hydrogen (secondary N) is 1. The second-order valence-corrected chi connectivity index (χ2v) is 9.69. The van der Waals surface area contributed by atoms with Gasteiger partial charge in [-0.05, 0) is 20.8 Å². The minimum absolute atomic E-state index is 0.181. The summed E-state index contributed by atoms with van der Waals surface area (Å²) in [5.74, 6) is -2.09. The molecule has 0 radical (unpaired) electrons. The topological polar surface area (TPSA) is 130 Å². The van der Waals surface area contributed by atoms with Crippen LogP contribution in [0.25, 0.3) is 11.3 Å². The number of hydrogen-bond donors (Lipinski definition) is 2. The van der Waals surface area contributed by atoms with Gasteiger partial charge in [0.1, 0.15) is 34.5 Å². The Balaban J connectivity index is 1.62. The summed E-state index contributed by atoms with van der Waals surface area (Å²) in [7, 11) is -1.66. The maximum atomic E-state index is 12.9. The fourth-order valence-corrected chi connectivity index (χ4v) is 5.86. The first-order chi connectivity index (χ1) is 13.7. The zero-order valence-corrected chi connectivity index (χ0v) is 16.7. The Hall–Kier alpha value is -3.01. The maximum Gasteiger partial charge on any atom is 0.328 e. The molecule has 2 fully saturated rings. The zero-order valence-electron chi connectivity index (χ0n) is 15.9. The van der Waals surface area contributed by atoms with Crippen LogP contribution in [0.4, 0.5) is 0 Å². The van der Waals surface area contributed by atoms with Gasteiger partial charge in [-0.1, -0.05) is 35.5 Å². The molecule has 2 aliphatic rings. The van der Waals surface area contributed by atoms with Gasteiger partial charge >= 0.3 is 5.97 Å². The monoisotopic (exact) mass is 417 g/mol. The molecular formula is C19H19N3O6S. The van der Waals surface area contributed by atoms with Gasteiger partial charge in [-0.3, -0.25) is 13.8 Å². The third kappa shape index (κ3) is 2.70. The van der Waals surface area contributed by atoms with E-state index in [9.17, 15) is 23.7 Å². The minimum Gasteiger partial charge on any atom is -0.480 e. The normalized spacial score (nSPS) is 27.3. The van der Waals surface area contributed by atoms with Crippen molar-refractivity contribution < 1.29 is 28.2 Å². The van der Waals surface area contributed by atoms with Crippen molar-refractivity contribution in [3.05, 3.63) is 41.7 Å². The predicted octanol–water partition coefficient (Wildman–Crippen LogP) is 0.911. The Morgan fingerprint density at radius 3 is 2.55 bits per heavy atom. The van der Waals surface area contributed by atoms with Crippen LogP contribution in [0, 0.1) is 6.92 Å². The van der Waals surface area contributed by atoms with Crippen molar-refractivity contribution in [2.24, 2.45) is 0 Å². The summed E-state index contributed by atoms with van der Waals surface area (Å²) < 4.78 is 16.9. The number of aliphatic carboxylic acids is 1. The lowest BCUT2D eigenvalue weighted by Gasteiger charge is -2.43. The molecule has 9 nitrogen and oxygen atoms in total. The van der Waals surface area contributed by atoms with E-state index < -0.39 is 50.8 Å². The van der Waals surface area contributed by atoms with Crippen LogP contribution in [0.2, 0.25) is 0 Å². The summed E-state index contributed by atoms with van der Waals surface area (Å²) in [5, 5.41) is 15.2. The summed E-state index contributed by atoms with van der Waals surface area (Å²) in [6, 6.07) is 6.70. The summed E-state index contributed by atoms with van der Waals surface area (Å²) in [4.78, 5) is 38.3. The quantitative estimate of drug-likeness (QED) is 0.707. The van der Waals surface area contributed by atoms with E-state index in [1.54, 1.807) is 45.0 Å². The zero-order chi connectivity index (χ0) is 21.1. The fourth-order valence-electron chi connectivity index (χ4n) is 3.94. The number of carbonyl (C=O) groups excluding carboxylic acids is 2. The number of carbonyl (C=O) groups is 3. The number of carboxylic acid groups (broad SMARTS) is 1. The molecule has 2 aromatic rings. The summed E-state index contributed by atoms with van der Waals surface area (Å²) >= 11 is 0. The van der Waals surface area contributed by atoms with Gasteiger partial charge in [0, 0.05) is 5.56 Å². The molecule has 2 amide bonds. The lowest BCUT2D eigenvalue weighted by atomic mass is 9.95. The van der Waals surface area contributed by atoms with Crippen LogP contribution in [0.3, 0.4) is 0 Å². The molecule has 3 heterocycles. The number of β-lactam (4-membered cyclic amide) rings is 1.